The molecule has 2 fully saturated rings. The number of carbonyl (C=O) groups is 1. The van der Waals surface area contributed by atoms with Crippen molar-refractivity contribution in [3.8, 4) is 0 Å². The number of amides is 1. The highest BCUT2D eigenvalue weighted by atomic mass is 16.7. The molecule has 0 saturated carbocycles. The number of benzene rings is 1. The van der Waals surface area contributed by atoms with Gasteiger partial charge in [-0.05, 0) is 12.1 Å². The maximum Gasteiger partial charge on any atom is 0.230 e. The van der Waals surface area contributed by atoms with Gasteiger partial charge in [-0.2, -0.15) is 0 Å². The molecule has 0 bridgehead atoms. The summed E-state index contributed by atoms with van der Waals surface area (Å²) in [4.78, 5) is 11.7. The van der Waals surface area contributed by atoms with Crippen molar-refractivity contribution in [2.75, 3.05) is 31.6 Å². The molecule has 2 heterocycles. The zero-order chi connectivity index (χ0) is 12.4. The van der Waals surface area contributed by atoms with Gasteiger partial charge < -0.3 is 20.1 Å². The fourth-order valence-electron chi connectivity index (χ4n) is 1.99. The Kier molecular flexibility index (Phi) is 3.27. The summed E-state index contributed by atoms with van der Waals surface area (Å²) in [6, 6.07) is 7.60. The number of carbonyl (C=O) groups excluding carboxylic acids is 1. The lowest BCUT2D eigenvalue weighted by Gasteiger charge is -2.25. The molecule has 0 radical (unpaired) electrons. The Bertz CT molecular complexity index is 422. The highest BCUT2D eigenvalue weighted by molar-refractivity contribution is 5.93. The Balaban J connectivity index is 1.61. The van der Waals surface area contributed by atoms with E-state index in [2.05, 4.69) is 10.6 Å². The summed E-state index contributed by atoms with van der Waals surface area (Å²) in [6.45, 7) is 2.82. The van der Waals surface area contributed by atoms with Gasteiger partial charge in [0.25, 0.3) is 0 Å². The molecule has 2 aliphatic rings. The summed E-state index contributed by atoms with van der Waals surface area (Å²) in [5, 5.41) is 5.98. The van der Waals surface area contributed by atoms with Crippen LogP contribution in [-0.4, -0.2) is 32.2 Å². The SMILES string of the molecule is O=C(Nc1ccc(C2OCCO2)cc1)C1CNC1. The van der Waals surface area contributed by atoms with Gasteiger partial charge in [-0.25, -0.2) is 0 Å². The minimum Gasteiger partial charge on any atom is -0.346 e. The first kappa shape index (κ1) is 11.6. The summed E-state index contributed by atoms with van der Waals surface area (Å²) in [7, 11) is 0. The number of ether oxygens (including phenoxy) is 2. The zero-order valence-corrected chi connectivity index (χ0v) is 10.0. The Labute approximate surface area is 105 Å². The molecule has 0 aliphatic carbocycles. The van der Waals surface area contributed by atoms with Crippen LogP contribution in [0.4, 0.5) is 5.69 Å². The molecule has 2 saturated heterocycles. The first-order valence-electron chi connectivity index (χ1n) is 6.18. The molecule has 18 heavy (non-hydrogen) atoms. The molecule has 1 aromatic carbocycles. The van der Waals surface area contributed by atoms with E-state index >= 15 is 0 Å². The topological polar surface area (TPSA) is 59.6 Å². The minimum atomic E-state index is -0.259. The highest BCUT2D eigenvalue weighted by Crippen LogP contribution is 2.24. The molecule has 1 aromatic rings. The lowest BCUT2D eigenvalue weighted by molar-refractivity contribution is -0.121. The number of nitrogens with one attached hydrogen (secondary N) is 2. The van der Waals surface area contributed by atoms with Crippen LogP contribution < -0.4 is 10.6 Å². The van der Waals surface area contributed by atoms with E-state index < -0.39 is 0 Å². The summed E-state index contributed by atoms with van der Waals surface area (Å²) >= 11 is 0. The summed E-state index contributed by atoms with van der Waals surface area (Å²) in [6.07, 6.45) is -0.259. The Morgan fingerprint density at radius 3 is 2.39 bits per heavy atom. The van der Waals surface area contributed by atoms with Crippen LogP contribution >= 0.6 is 0 Å². The highest BCUT2D eigenvalue weighted by Gasteiger charge is 2.24. The van der Waals surface area contributed by atoms with Gasteiger partial charge in [0.1, 0.15) is 0 Å². The fourth-order valence-corrected chi connectivity index (χ4v) is 1.99. The van der Waals surface area contributed by atoms with Crippen LogP contribution in [0.2, 0.25) is 0 Å². The van der Waals surface area contributed by atoms with Crippen LogP contribution in [0.25, 0.3) is 0 Å². The van der Waals surface area contributed by atoms with Crippen LogP contribution in [0, 0.1) is 5.92 Å². The van der Waals surface area contributed by atoms with E-state index in [4.69, 9.17) is 9.47 Å². The van der Waals surface area contributed by atoms with E-state index in [0.29, 0.717) is 13.2 Å². The normalized spacial score (nSPS) is 20.7. The molecule has 2 aliphatic heterocycles. The Morgan fingerprint density at radius 1 is 1.17 bits per heavy atom. The second-order valence-electron chi connectivity index (χ2n) is 4.54. The number of anilines is 1. The molecular weight excluding hydrogens is 232 g/mol. The van der Waals surface area contributed by atoms with Gasteiger partial charge in [0.05, 0.1) is 19.1 Å². The molecule has 0 spiro atoms. The van der Waals surface area contributed by atoms with Crippen molar-refractivity contribution < 1.29 is 14.3 Å². The van der Waals surface area contributed by atoms with Crippen molar-refractivity contribution in [1.29, 1.82) is 0 Å². The van der Waals surface area contributed by atoms with E-state index in [1.54, 1.807) is 0 Å². The molecule has 3 rings (SSSR count). The Hall–Kier alpha value is -1.43. The lowest BCUT2D eigenvalue weighted by atomic mass is 10.0. The van der Waals surface area contributed by atoms with Crippen molar-refractivity contribution in [1.82, 2.24) is 5.32 Å². The first-order chi connectivity index (χ1) is 8.83. The number of hydrogen-bond acceptors (Lipinski definition) is 4. The second kappa shape index (κ2) is 5.06. The maximum atomic E-state index is 11.7. The molecule has 2 N–H and O–H groups in total. The van der Waals surface area contributed by atoms with Crippen LogP contribution in [0.5, 0.6) is 0 Å². The third kappa shape index (κ3) is 2.38. The van der Waals surface area contributed by atoms with Crippen molar-refractivity contribution in [3.05, 3.63) is 29.8 Å². The largest absolute Gasteiger partial charge is 0.346 e. The van der Waals surface area contributed by atoms with E-state index in [9.17, 15) is 4.79 Å². The van der Waals surface area contributed by atoms with Crippen molar-refractivity contribution >= 4 is 11.6 Å². The molecule has 0 aromatic heterocycles. The summed E-state index contributed by atoms with van der Waals surface area (Å²) < 4.78 is 10.8. The third-order valence-electron chi connectivity index (χ3n) is 3.22. The molecule has 1 amide bonds. The van der Waals surface area contributed by atoms with Gasteiger partial charge in [0.2, 0.25) is 5.91 Å². The van der Waals surface area contributed by atoms with E-state index in [0.717, 1.165) is 24.3 Å². The third-order valence-corrected chi connectivity index (χ3v) is 3.22. The van der Waals surface area contributed by atoms with Gasteiger partial charge in [-0.1, -0.05) is 12.1 Å². The summed E-state index contributed by atoms with van der Waals surface area (Å²) in [5.41, 5.74) is 1.80. The average Bonchev–Trinajstić information content (AvgIpc) is 2.81. The van der Waals surface area contributed by atoms with Crippen LogP contribution in [0.1, 0.15) is 11.9 Å². The van der Waals surface area contributed by atoms with Crippen molar-refractivity contribution in [2.45, 2.75) is 6.29 Å². The summed E-state index contributed by atoms with van der Waals surface area (Å²) in [5.74, 6) is 0.182. The lowest BCUT2D eigenvalue weighted by Crippen LogP contribution is -2.48. The van der Waals surface area contributed by atoms with Gasteiger partial charge in [-0.15, -0.1) is 0 Å². The van der Waals surface area contributed by atoms with E-state index in [1.165, 1.54) is 0 Å². The standard InChI is InChI=1S/C13H16N2O3/c16-12(10-7-14-8-10)15-11-3-1-9(2-4-11)13-17-5-6-18-13/h1-4,10,13-14H,5-8H2,(H,15,16). The molecule has 96 valence electrons. The maximum absolute atomic E-state index is 11.7. The second-order valence-corrected chi connectivity index (χ2v) is 4.54. The quantitative estimate of drug-likeness (QED) is 0.834. The smallest absolute Gasteiger partial charge is 0.230 e. The molecule has 0 unspecified atom stereocenters. The van der Waals surface area contributed by atoms with Crippen LogP contribution in [0.15, 0.2) is 24.3 Å². The van der Waals surface area contributed by atoms with E-state index in [1.807, 2.05) is 24.3 Å². The average molecular weight is 248 g/mol. The monoisotopic (exact) mass is 248 g/mol. The minimum absolute atomic E-state index is 0.0786. The zero-order valence-electron chi connectivity index (χ0n) is 10.0. The van der Waals surface area contributed by atoms with Crippen molar-refractivity contribution in [3.63, 3.8) is 0 Å². The first-order valence-corrected chi connectivity index (χ1v) is 6.18. The number of rotatable bonds is 3. The number of hydrogen-bond donors (Lipinski definition) is 2. The van der Waals surface area contributed by atoms with Gasteiger partial charge >= 0.3 is 0 Å². The molecule has 0 atom stereocenters. The van der Waals surface area contributed by atoms with Crippen molar-refractivity contribution in [2.24, 2.45) is 5.92 Å². The van der Waals surface area contributed by atoms with Gasteiger partial charge in [0.15, 0.2) is 6.29 Å². The molecule has 5 heteroatoms. The van der Waals surface area contributed by atoms with Gasteiger partial charge in [-0.3, -0.25) is 4.79 Å². The molecular formula is C13H16N2O3. The Morgan fingerprint density at radius 2 is 1.83 bits per heavy atom. The van der Waals surface area contributed by atoms with Crippen LogP contribution in [0.3, 0.4) is 0 Å². The van der Waals surface area contributed by atoms with Gasteiger partial charge in [0, 0.05) is 24.3 Å². The molecule has 5 nitrogen and oxygen atoms in total. The predicted octanol–water partition coefficient (Wildman–Crippen LogP) is 0.890. The van der Waals surface area contributed by atoms with Crippen LogP contribution in [-0.2, 0) is 14.3 Å². The fraction of sp³-hybridized carbons (Fsp3) is 0.462. The predicted molar refractivity (Wildman–Crippen MR) is 66.1 cm³/mol. The van der Waals surface area contributed by atoms with E-state index in [-0.39, 0.29) is 18.1 Å².